The van der Waals surface area contributed by atoms with E-state index in [0.717, 1.165) is 13.1 Å². The Morgan fingerprint density at radius 3 is 2.22 bits per heavy atom. The average Bonchev–Trinajstić information content (AvgIpc) is 2.89. The Labute approximate surface area is 106 Å². The third kappa shape index (κ3) is 1.94. The molecule has 0 aliphatic carbocycles. The first-order valence-corrected chi connectivity index (χ1v) is 7.48. The minimum atomic E-state index is -3.46. The van der Waals surface area contributed by atoms with E-state index in [1.54, 1.807) is 0 Å². The monoisotopic (exact) mass is 270 g/mol. The highest BCUT2D eigenvalue weighted by Gasteiger charge is 2.41. The molecule has 4 nitrogen and oxygen atoms in total. The first kappa shape index (κ1) is 12.1. The fourth-order valence-electron chi connectivity index (χ4n) is 2.76. The maximum Gasteiger partial charge on any atom is 0.243 e. The molecule has 2 saturated heterocycles. The fraction of sp³-hybridized carbons (Fsp3) is 0.500. The van der Waals surface area contributed by atoms with Crippen LogP contribution in [0, 0.1) is 17.7 Å². The number of rotatable bonds is 2. The molecule has 0 saturated carbocycles. The minimum Gasteiger partial charge on any atom is -0.316 e. The second-order valence-corrected chi connectivity index (χ2v) is 6.89. The predicted octanol–water partition coefficient (Wildman–Crippen LogP) is 0.666. The summed E-state index contributed by atoms with van der Waals surface area (Å²) in [6.45, 7) is 2.91. The highest BCUT2D eigenvalue weighted by Crippen LogP contribution is 2.30. The number of sulfonamides is 1. The summed E-state index contributed by atoms with van der Waals surface area (Å²) < 4.78 is 39.1. The third-order valence-electron chi connectivity index (χ3n) is 3.81. The lowest BCUT2D eigenvalue weighted by molar-refractivity contribution is 0.448. The molecule has 18 heavy (non-hydrogen) atoms. The summed E-state index contributed by atoms with van der Waals surface area (Å²) >= 11 is 0. The Kier molecular flexibility index (Phi) is 2.88. The maximum atomic E-state index is 12.8. The van der Waals surface area contributed by atoms with E-state index >= 15 is 0 Å². The van der Waals surface area contributed by atoms with Gasteiger partial charge in [0.1, 0.15) is 5.82 Å². The van der Waals surface area contributed by atoms with Crippen LogP contribution in [0.1, 0.15) is 0 Å². The van der Waals surface area contributed by atoms with Crippen LogP contribution in [0.25, 0.3) is 0 Å². The molecule has 0 amide bonds. The Balaban J connectivity index is 1.85. The molecule has 1 N–H and O–H groups in total. The van der Waals surface area contributed by atoms with Crippen molar-refractivity contribution in [2.45, 2.75) is 4.90 Å². The van der Waals surface area contributed by atoms with Crippen LogP contribution in [0.15, 0.2) is 29.2 Å². The molecule has 0 aromatic heterocycles. The van der Waals surface area contributed by atoms with E-state index in [0.29, 0.717) is 24.9 Å². The van der Waals surface area contributed by atoms with Crippen LogP contribution < -0.4 is 5.32 Å². The van der Waals surface area contributed by atoms with E-state index in [2.05, 4.69) is 5.32 Å². The van der Waals surface area contributed by atoms with Crippen molar-refractivity contribution in [2.24, 2.45) is 11.8 Å². The standard InChI is InChI=1S/C12H15FN2O2S/c13-11-1-3-12(4-2-11)18(16,17)15-7-9-5-14-6-10(9)8-15/h1-4,9-10,14H,5-8H2/t9-,10-/m1/s1. The molecule has 98 valence electrons. The zero-order valence-corrected chi connectivity index (χ0v) is 10.7. The summed E-state index contributed by atoms with van der Waals surface area (Å²) in [5.41, 5.74) is 0. The van der Waals surface area contributed by atoms with Crippen molar-refractivity contribution in [3.8, 4) is 0 Å². The molecule has 2 heterocycles. The molecule has 3 rings (SSSR count). The maximum absolute atomic E-state index is 12.8. The molecular weight excluding hydrogens is 255 g/mol. The van der Waals surface area contributed by atoms with Crippen molar-refractivity contribution in [1.29, 1.82) is 0 Å². The molecule has 0 bridgehead atoms. The van der Waals surface area contributed by atoms with Gasteiger partial charge in [-0.05, 0) is 49.2 Å². The number of hydrogen-bond acceptors (Lipinski definition) is 3. The summed E-state index contributed by atoms with van der Waals surface area (Å²) in [5.74, 6) is 0.414. The number of halogens is 1. The van der Waals surface area contributed by atoms with Crippen LogP contribution in [0.4, 0.5) is 4.39 Å². The summed E-state index contributed by atoms with van der Waals surface area (Å²) in [6, 6.07) is 5.03. The first-order chi connectivity index (χ1) is 8.57. The summed E-state index contributed by atoms with van der Waals surface area (Å²) in [5, 5.41) is 3.27. The van der Waals surface area contributed by atoms with Gasteiger partial charge in [0, 0.05) is 13.1 Å². The van der Waals surface area contributed by atoms with Gasteiger partial charge in [-0.15, -0.1) is 0 Å². The Morgan fingerprint density at radius 2 is 1.67 bits per heavy atom. The molecule has 0 spiro atoms. The smallest absolute Gasteiger partial charge is 0.243 e. The van der Waals surface area contributed by atoms with Gasteiger partial charge in [-0.2, -0.15) is 4.31 Å². The Hall–Kier alpha value is -0.980. The normalized spacial score (nSPS) is 28.5. The van der Waals surface area contributed by atoms with Crippen LogP contribution in [-0.2, 0) is 10.0 Å². The van der Waals surface area contributed by atoms with Gasteiger partial charge in [0.25, 0.3) is 0 Å². The molecule has 6 heteroatoms. The number of benzene rings is 1. The van der Waals surface area contributed by atoms with Crippen LogP contribution in [-0.4, -0.2) is 38.9 Å². The lowest BCUT2D eigenvalue weighted by atomic mass is 10.0. The molecule has 2 aliphatic rings. The van der Waals surface area contributed by atoms with Crippen LogP contribution in [0.5, 0.6) is 0 Å². The lowest BCUT2D eigenvalue weighted by Gasteiger charge is -2.17. The molecule has 2 aliphatic heterocycles. The second-order valence-electron chi connectivity index (χ2n) is 4.95. The highest BCUT2D eigenvalue weighted by atomic mass is 32.2. The molecule has 2 atom stereocenters. The van der Waals surface area contributed by atoms with Crippen molar-refractivity contribution in [3.63, 3.8) is 0 Å². The van der Waals surface area contributed by atoms with Crippen molar-refractivity contribution >= 4 is 10.0 Å². The Morgan fingerprint density at radius 1 is 1.11 bits per heavy atom. The van der Waals surface area contributed by atoms with Crippen molar-refractivity contribution < 1.29 is 12.8 Å². The van der Waals surface area contributed by atoms with Crippen molar-refractivity contribution in [2.75, 3.05) is 26.2 Å². The van der Waals surface area contributed by atoms with E-state index < -0.39 is 15.8 Å². The van der Waals surface area contributed by atoms with Gasteiger partial charge in [-0.3, -0.25) is 0 Å². The van der Waals surface area contributed by atoms with Crippen molar-refractivity contribution in [3.05, 3.63) is 30.1 Å². The van der Waals surface area contributed by atoms with Crippen LogP contribution >= 0.6 is 0 Å². The van der Waals surface area contributed by atoms with E-state index in [9.17, 15) is 12.8 Å². The van der Waals surface area contributed by atoms with Crippen molar-refractivity contribution in [1.82, 2.24) is 9.62 Å². The molecular formula is C12H15FN2O2S. The van der Waals surface area contributed by atoms with Crippen LogP contribution in [0.3, 0.4) is 0 Å². The van der Waals surface area contributed by atoms with E-state index in [4.69, 9.17) is 0 Å². The topological polar surface area (TPSA) is 49.4 Å². The number of nitrogens with one attached hydrogen (secondary N) is 1. The lowest BCUT2D eigenvalue weighted by Crippen LogP contribution is -2.31. The van der Waals surface area contributed by atoms with Gasteiger partial charge in [-0.1, -0.05) is 0 Å². The SMILES string of the molecule is O=S(=O)(c1ccc(F)cc1)N1C[C@H]2CNC[C@@H]2C1. The van der Waals surface area contributed by atoms with E-state index in [-0.39, 0.29) is 4.90 Å². The average molecular weight is 270 g/mol. The molecule has 0 unspecified atom stereocenters. The zero-order chi connectivity index (χ0) is 12.8. The first-order valence-electron chi connectivity index (χ1n) is 6.04. The predicted molar refractivity (Wildman–Crippen MR) is 65.0 cm³/mol. The summed E-state index contributed by atoms with van der Waals surface area (Å²) in [4.78, 5) is 0.178. The third-order valence-corrected chi connectivity index (χ3v) is 5.65. The van der Waals surface area contributed by atoms with Crippen LogP contribution in [0.2, 0.25) is 0 Å². The van der Waals surface area contributed by atoms with E-state index in [1.807, 2.05) is 0 Å². The van der Waals surface area contributed by atoms with Gasteiger partial charge in [0.15, 0.2) is 0 Å². The number of hydrogen-bond donors (Lipinski definition) is 1. The minimum absolute atomic E-state index is 0.178. The second kappa shape index (κ2) is 4.29. The molecule has 1 aromatic rings. The fourth-order valence-corrected chi connectivity index (χ4v) is 4.32. The molecule has 1 aromatic carbocycles. The van der Waals surface area contributed by atoms with E-state index in [1.165, 1.54) is 28.6 Å². The van der Waals surface area contributed by atoms with Gasteiger partial charge in [0.2, 0.25) is 10.0 Å². The number of fused-ring (bicyclic) bond motifs is 1. The highest BCUT2D eigenvalue weighted by molar-refractivity contribution is 7.89. The summed E-state index contributed by atoms with van der Waals surface area (Å²) in [6.07, 6.45) is 0. The number of nitrogens with zero attached hydrogens (tertiary/aromatic N) is 1. The van der Waals surface area contributed by atoms with Gasteiger partial charge in [-0.25, -0.2) is 12.8 Å². The van der Waals surface area contributed by atoms with Gasteiger partial charge >= 0.3 is 0 Å². The summed E-state index contributed by atoms with van der Waals surface area (Å²) in [7, 11) is -3.46. The Bertz CT molecular complexity index is 532. The molecule has 2 fully saturated rings. The molecule has 0 radical (unpaired) electrons. The zero-order valence-electron chi connectivity index (χ0n) is 9.84. The van der Waals surface area contributed by atoms with Gasteiger partial charge in [0.05, 0.1) is 4.90 Å². The largest absolute Gasteiger partial charge is 0.316 e. The van der Waals surface area contributed by atoms with Gasteiger partial charge < -0.3 is 5.32 Å². The quantitative estimate of drug-likeness (QED) is 0.859.